The molecule has 0 spiro atoms. The second kappa shape index (κ2) is 4.80. The fourth-order valence-electron chi connectivity index (χ4n) is 1.62. The maximum absolute atomic E-state index is 13.6. The summed E-state index contributed by atoms with van der Waals surface area (Å²) in [6.45, 7) is 0.976. The van der Waals surface area contributed by atoms with Crippen molar-refractivity contribution in [2.24, 2.45) is 5.73 Å². The fourth-order valence-corrected chi connectivity index (χ4v) is 1.96. The number of hydrogen-bond acceptors (Lipinski definition) is 1. The Bertz CT molecular complexity index is 494. The highest BCUT2D eigenvalue weighted by Gasteiger charge is 2.05. The standard InChI is InChI=1S/C12H12BrFN2/c13-10-4-3-9(12(14)6-10)8-16-5-1-2-11(16)7-15/h1-6H,7-8,15H2. The zero-order valence-electron chi connectivity index (χ0n) is 8.66. The maximum Gasteiger partial charge on any atom is 0.129 e. The predicted octanol–water partition coefficient (Wildman–Crippen LogP) is 2.90. The third kappa shape index (κ3) is 2.33. The normalized spacial score (nSPS) is 10.7. The van der Waals surface area contributed by atoms with Crippen LogP contribution in [0.15, 0.2) is 41.0 Å². The molecular weight excluding hydrogens is 271 g/mol. The van der Waals surface area contributed by atoms with E-state index in [4.69, 9.17) is 5.73 Å². The van der Waals surface area contributed by atoms with Crippen LogP contribution in [0.2, 0.25) is 0 Å². The van der Waals surface area contributed by atoms with Gasteiger partial charge in [-0.3, -0.25) is 0 Å². The van der Waals surface area contributed by atoms with Gasteiger partial charge in [-0.1, -0.05) is 22.0 Å². The highest BCUT2D eigenvalue weighted by Crippen LogP contribution is 2.17. The number of halogens is 2. The summed E-state index contributed by atoms with van der Waals surface area (Å²) in [4.78, 5) is 0. The molecule has 2 aromatic rings. The summed E-state index contributed by atoms with van der Waals surface area (Å²) in [6.07, 6.45) is 1.91. The number of aromatic nitrogens is 1. The van der Waals surface area contributed by atoms with Crippen molar-refractivity contribution < 1.29 is 4.39 Å². The summed E-state index contributed by atoms with van der Waals surface area (Å²) in [6, 6.07) is 8.94. The monoisotopic (exact) mass is 282 g/mol. The van der Waals surface area contributed by atoms with Gasteiger partial charge in [-0.2, -0.15) is 0 Å². The van der Waals surface area contributed by atoms with Crippen molar-refractivity contribution in [3.63, 3.8) is 0 Å². The third-order valence-electron chi connectivity index (χ3n) is 2.49. The van der Waals surface area contributed by atoms with E-state index in [1.165, 1.54) is 6.07 Å². The zero-order valence-corrected chi connectivity index (χ0v) is 10.2. The predicted molar refractivity (Wildman–Crippen MR) is 65.5 cm³/mol. The molecule has 4 heteroatoms. The second-order valence-corrected chi connectivity index (χ2v) is 4.48. The van der Waals surface area contributed by atoms with Gasteiger partial charge < -0.3 is 10.3 Å². The molecule has 0 amide bonds. The van der Waals surface area contributed by atoms with Crippen molar-refractivity contribution in [2.75, 3.05) is 0 Å². The highest BCUT2D eigenvalue weighted by molar-refractivity contribution is 9.10. The lowest BCUT2D eigenvalue weighted by atomic mass is 10.2. The van der Waals surface area contributed by atoms with Crippen molar-refractivity contribution in [2.45, 2.75) is 13.1 Å². The lowest BCUT2D eigenvalue weighted by molar-refractivity contribution is 0.595. The molecule has 2 rings (SSSR count). The van der Waals surface area contributed by atoms with Crippen molar-refractivity contribution in [3.8, 4) is 0 Å². The molecule has 0 fully saturated rings. The first-order chi connectivity index (χ1) is 7.70. The number of rotatable bonds is 3. The molecule has 0 bridgehead atoms. The smallest absolute Gasteiger partial charge is 0.129 e. The van der Waals surface area contributed by atoms with Crippen LogP contribution in [0.1, 0.15) is 11.3 Å². The molecule has 1 heterocycles. The molecule has 1 aromatic heterocycles. The van der Waals surface area contributed by atoms with Gasteiger partial charge in [-0.15, -0.1) is 0 Å². The van der Waals surface area contributed by atoms with Crippen molar-refractivity contribution in [3.05, 3.63) is 58.1 Å². The summed E-state index contributed by atoms with van der Waals surface area (Å²) in [5.74, 6) is -0.203. The van der Waals surface area contributed by atoms with Gasteiger partial charge >= 0.3 is 0 Å². The lowest BCUT2D eigenvalue weighted by Crippen LogP contribution is -2.08. The minimum absolute atomic E-state index is 0.203. The molecule has 0 atom stereocenters. The maximum atomic E-state index is 13.6. The van der Waals surface area contributed by atoms with E-state index in [2.05, 4.69) is 15.9 Å². The van der Waals surface area contributed by atoms with E-state index >= 15 is 0 Å². The molecule has 0 aliphatic carbocycles. The Morgan fingerprint density at radius 3 is 2.81 bits per heavy atom. The van der Waals surface area contributed by atoms with Crippen LogP contribution < -0.4 is 5.73 Å². The van der Waals surface area contributed by atoms with Crippen LogP contribution in [-0.2, 0) is 13.1 Å². The topological polar surface area (TPSA) is 30.9 Å². The Morgan fingerprint density at radius 1 is 1.31 bits per heavy atom. The average Bonchev–Trinajstić information content (AvgIpc) is 2.69. The van der Waals surface area contributed by atoms with Crippen LogP contribution in [-0.4, -0.2) is 4.57 Å². The van der Waals surface area contributed by atoms with E-state index in [0.29, 0.717) is 18.7 Å². The highest BCUT2D eigenvalue weighted by atomic mass is 79.9. The minimum atomic E-state index is -0.203. The third-order valence-corrected chi connectivity index (χ3v) is 2.98. The average molecular weight is 283 g/mol. The first-order valence-electron chi connectivity index (χ1n) is 4.98. The van der Waals surface area contributed by atoms with E-state index < -0.39 is 0 Å². The Balaban J connectivity index is 2.27. The van der Waals surface area contributed by atoms with Gasteiger partial charge in [-0.05, 0) is 24.3 Å². The van der Waals surface area contributed by atoms with Crippen LogP contribution in [0.3, 0.4) is 0 Å². The molecule has 2 N–H and O–H groups in total. The Hall–Kier alpha value is -1.13. The van der Waals surface area contributed by atoms with Gasteiger partial charge in [0.25, 0.3) is 0 Å². The van der Waals surface area contributed by atoms with Crippen LogP contribution in [0, 0.1) is 5.82 Å². The van der Waals surface area contributed by atoms with Gasteiger partial charge in [-0.25, -0.2) is 4.39 Å². The fraction of sp³-hybridized carbons (Fsp3) is 0.167. The van der Waals surface area contributed by atoms with Crippen LogP contribution in [0.5, 0.6) is 0 Å². The second-order valence-electron chi connectivity index (χ2n) is 3.57. The molecule has 2 nitrogen and oxygen atoms in total. The minimum Gasteiger partial charge on any atom is -0.346 e. The van der Waals surface area contributed by atoms with Gasteiger partial charge in [0.1, 0.15) is 5.82 Å². The molecule has 0 aliphatic heterocycles. The van der Waals surface area contributed by atoms with Crippen molar-refractivity contribution in [1.29, 1.82) is 0 Å². The molecule has 0 unspecified atom stereocenters. The van der Waals surface area contributed by atoms with Crippen LogP contribution >= 0.6 is 15.9 Å². The van der Waals surface area contributed by atoms with E-state index in [9.17, 15) is 4.39 Å². The molecular formula is C12H12BrFN2. The SMILES string of the molecule is NCc1cccn1Cc1ccc(Br)cc1F. The van der Waals surface area contributed by atoms with Crippen molar-refractivity contribution in [1.82, 2.24) is 4.57 Å². The summed E-state index contributed by atoms with van der Waals surface area (Å²) in [5, 5.41) is 0. The number of nitrogens with zero attached hydrogens (tertiary/aromatic N) is 1. The van der Waals surface area contributed by atoms with Gasteiger partial charge in [0, 0.05) is 28.5 Å². The summed E-state index contributed by atoms with van der Waals surface area (Å²) < 4.78 is 16.3. The largest absolute Gasteiger partial charge is 0.346 e. The molecule has 0 aliphatic rings. The Morgan fingerprint density at radius 2 is 2.12 bits per heavy atom. The lowest BCUT2D eigenvalue weighted by Gasteiger charge is -2.08. The van der Waals surface area contributed by atoms with E-state index in [1.807, 2.05) is 29.0 Å². The summed E-state index contributed by atoms with van der Waals surface area (Å²) >= 11 is 3.24. The molecule has 16 heavy (non-hydrogen) atoms. The van der Waals surface area contributed by atoms with E-state index in [-0.39, 0.29) is 5.82 Å². The van der Waals surface area contributed by atoms with Gasteiger partial charge in [0.2, 0.25) is 0 Å². The zero-order chi connectivity index (χ0) is 11.5. The van der Waals surface area contributed by atoms with Crippen LogP contribution in [0.25, 0.3) is 0 Å². The first kappa shape index (κ1) is 11.4. The number of hydrogen-bond donors (Lipinski definition) is 1. The van der Waals surface area contributed by atoms with Crippen LogP contribution in [0.4, 0.5) is 4.39 Å². The number of benzene rings is 1. The van der Waals surface area contributed by atoms with Crippen molar-refractivity contribution >= 4 is 15.9 Å². The van der Waals surface area contributed by atoms with E-state index in [0.717, 1.165) is 10.2 Å². The number of nitrogens with two attached hydrogens (primary N) is 1. The molecule has 1 aromatic carbocycles. The molecule has 0 saturated carbocycles. The summed E-state index contributed by atoms with van der Waals surface area (Å²) in [7, 11) is 0. The Kier molecular flexibility index (Phi) is 3.41. The van der Waals surface area contributed by atoms with Gasteiger partial charge in [0.15, 0.2) is 0 Å². The Labute approximate surface area is 102 Å². The molecule has 0 saturated heterocycles. The first-order valence-corrected chi connectivity index (χ1v) is 5.78. The quantitative estimate of drug-likeness (QED) is 0.922. The molecule has 0 radical (unpaired) electrons. The van der Waals surface area contributed by atoms with Gasteiger partial charge in [0.05, 0.1) is 6.54 Å². The van der Waals surface area contributed by atoms with E-state index in [1.54, 1.807) is 6.07 Å². The molecule has 84 valence electrons. The summed E-state index contributed by atoms with van der Waals surface area (Å²) in [5.41, 5.74) is 7.25.